The molecule has 3 aromatic rings. The molecule has 0 aliphatic carbocycles. The molecular weight excluding hydrogens is 401 g/mol. The number of hydrogen-bond donors (Lipinski definition) is 1. The number of carbonyl (C=O) groups is 1. The maximum absolute atomic E-state index is 13.3. The fourth-order valence-corrected chi connectivity index (χ4v) is 4.31. The molecule has 6 nitrogen and oxygen atoms in total. The summed E-state index contributed by atoms with van der Waals surface area (Å²) in [6.07, 6.45) is 3.70. The van der Waals surface area contributed by atoms with Gasteiger partial charge in [-0.1, -0.05) is 42.4 Å². The van der Waals surface area contributed by atoms with Crippen LogP contribution >= 0.6 is 11.8 Å². The van der Waals surface area contributed by atoms with Gasteiger partial charge in [-0.2, -0.15) is 0 Å². The van der Waals surface area contributed by atoms with Crippen molar-refractivity contribution in [2.45, 2.75) is 31.0 Å². The number of hydrogen-bond acceptors (Lipinski definition) is 5. The number of benzene rings is 2. The molecule has 1 amide bonds. The Morgan fingerprint density at radius 2 is 1.83 bits per heavy atom. The standard InChI is InChI=1S/C22H24FN5OS/c23-17-8-7-9-18(14-17)24-21(29)16-30-22-26-25-20(15-27-12-5-2-6-13-27)28(22)19-10-3-1-4-11-19/h1,3-4,7-11,14H,2,5-6,12-13,15-16H2,(H,24,29). The van der Waals surface area contributed by atoms with Crippen LogP contribution < -0.4 is 5.32 Å². The molecule has 0 atom stereocenters. The molecule has 0 bridgehead atoms. The molecule has 1 saturated heterocycles. The molecule has 1 aliphatic rings. The van der Waals surface area contributed by atoms with Gasteiger partial charge in [0.1, 0.15) is 5.82 Å². The van der Waals surface area contributed by atoms with Crippen LogP contribution in [0, 0.1) is 5.82 Å². The van der Waals surface area contributed by atoms with Crippen molar-refractivity contribution < 1.29 is 9.18 Å². The average molecular weight is 426 g/mol. The zero-order chi connectivity index (χ0) is 20.8. The largest absolute Gasteiger partial charge is 0.325 e. The van der Waals surface area contributed by atoms with Gasteiger partial charge in [0.2, 0.25) is 5.91 Å². The van der Waals surface area contributed by atoms with E-state index in [1.165, 1.54) is 43.2 Å². The van der Waals surface area contributed by atoms with Crippen LogP contribution in [0.15, 0.2) is 59.8 Å². The minimum Gasteiger partial charge on any atom is -0.325 e. The number of nitrogens with zero attached hydrogens (tertiary/aromatic N) is 4. The highest BCUT2D eigenvalue weighted by Crippen LogP contribution is 2.24. The van der Waals surface area contributed by atoms with Crippen molar-refractivity contribution in [1.29, 1.82) is 0 Å². The maximum atomic E-state index is 13.3. The third kappa shape index (κ3) is 5.25. The molecular formula is C22H24FN5OS. The van der Waals surface area contributed by atoms with Crippen molar-refractivity contribution in [1.82, 2.24) is 19.7 Å². The molecule has 0 radical (unpaired) electrons. The highest BCUT2D eigenvalue weighted by Gasteiger charge is 2.19. The first-order chi connectivity index (χ1) is 14.7. The van der Waals surface area contributed by atoms with Crippen LogP contribution in [-0.4, -0.2) is 44.4 Å². The van der Waals surface area contributed by atoms with Crippen molar-refractivity contribution >= 4 is 23.4 Å². The zero-order valence-electron chi connectivity index (χ0n) is 16.6. The Kier molecular flexibility index (Phi) is 6.76. The van der Waals surface area contributed by atoms with E-state index in [9.17, 15) is 9.18 Å². The highest BCUT2D eigenvalue weighted by atomic mass is 32.2. The molecule has 2 aromatic carbocycles. The van der Waals surface area contributed by atoms with E-state index >= 15 is 0 Å². The molecule has 0 spiro atoms. The number of anilines is 1. The molecule has 8 heteroatoms. The fourth-order valence-electron chi connectivity index (χ4n) is 3.54. The molecule has 1 aromatic heterocycles. The Labute approximate surface area is 179 Å². The second kappa shape index (κ2) is 9.86. The predicted octanol–water partition coefficient (Wildman–Crippen LogP) is 4.12. The Bertz CT molecular complexity index is 988. The predicted molar refractivity (Wildman–Crippen MR) is 116 cm³/mol. The summed E-state index contributed by atoms with van der Waals surface area (Å²) in [5, 5.41) is 12.2. The molecule has 0 saturated carbocycles. The van der Waals surface area contributed by atoms with Crippen LogP contribution in [0.4, 0.5) is 10.1 Å². The maximum Gasteiger partial charge on any atom is 0.234 e. The Hall–Kier alpha value is -2.71. The Balaban J connectivity index is 1.48. The second-order valence-electron chi connectivity index (χ2n) is 7.25. The first-order valence-corrected chi connectivity index (χ1v) is 11.1. The van der Waals surface area contributed by atoms with Gasteiger partial charge in [-0.05, 0) is 56.3 Å². The van der Waals surface area contributed by atoms with Gasteiger partial charge in [0, 0.05) is 11.4 Å². The van der Waals surface area contributed by atoms with Crippen LogP contribution in [0.25, 0.3) is 5.69 Å². The molecule has 1 fully saturated rings. The van der Waals surface area contributed by atoms with Gasteiger partial charge in [-0.25, -0.2) is 4.39 Å². The summed E-state index contributed by atoms with van der Waals surface area (Å²) >= 11 is 1.32. The summed E-state index contributed by atoms with van der Waals surface area (Å²) in [6, 6.07) is 15.8. The lowest BCUT2D eigenvalue weighted by Gasteiger charge is -2.26. The fraction of sp³-hybridized carbons (Fsp3) is 0.318. The van der Waals surface area contributed by atoms with Crippen molar-refractivity contribution in [3.63, 3.8) is 0 Å². The number of halogens is 1. The molecule has 30 heavy (non-hydrogen) atoms. The quantitative estimate of drug-likeness (QED) is 0.577. The topological polar surface area (TPSA) is 63.1 Å². The van der Waals surface area contributed by atoms with Gasteiger partial charge in [-0.15, -0.1) is 10.2 Å². The number of para-hydroxylation sites is 1. The summed E-state index contributed by atoms with van der Waals surface area (Å²) in [6.45, 7) is 2.87. The molecule has 1 N–H and O–H groups in total. The van der Waals surface area contributed by atoms with Crippen molar-refractivity contribution in [3.05, 3.63) is 66.2 Å². The SMILES string of the molecule is O=C(CSc1nnc(CN2CCCCC2)n1-c1ccccc1)Nc1cccc(F)c1. The third-order valence-corrected chi connectivity index (χ3v) is 5.90. The number of rotatable bonds is 7. The zero-order valence-corrected chi connectivity index (χ0v) is 17.4. The van der Waals surface area contributed by atoms with Crippen LogP contribution in [0.2, 0.25) is 0 Å². The van der Waals surface area contributed by atoms with Crippen molar-refractivity contribution in [2.24, 2.45) is 0 Å². The average Bonchev–Trinajstić information content (AvgIpc) is 3.16. The molecule has 0 unspecified atom stereocenters. The first kappa shape index (κ1) is 20.6. The lowest BCUT2D eigenvalue weighted by molar-refractivity contribution is -0.113. The van der Waals surface area contributed by atoms with Crippen LogP contribution in [0.1, 0.15) is 25.1 Å². The number of piperidine rings is 1. The van der Waals surface area contributed by atoms with Gasteiger partial charge >= 0.3 is 0 Å². The summed E-state index contributed by atoms with van der Waals surface area (Å²) < 4.78 is 15.3. The van der Waals surface area contributed by atoms with E-state index < -0.39 is 0 Å². The van der Waals surface area contributed by atoms with Gasteiger partial charge < -0.3 is 5.32 Å². The number of likely N-dealkylation sites (tertiary alicyclic amines) is 1. The van der Waals surface area contributed by atoms with Gasteiger partial charge in [0.25, 0.3) is 0 Å². The van der Waals surface area contributed by atoms with E-state index in [2.05, 4.69) is 20.4 Å². The van der Waals surface area contributed by atoms with Crippen LogP contribution in [0.3, 0.4) is 0 Å². The minimum atomic E-state index is -0.383. The number of thioether (sulfide) groups is 1. The van der Waals surface area contributed by atoms with Crippen LogP contribution in [-0.2, 0) is 11.3 Å². The number of amides is 1. The lowest BCUT2D eigenvalue weighted by atomic mass is 10.1. The summed E-state index contributed by atoms with van der Waals surface area (Å²) in [4.78, 5) is 14.7. The lowest BCUT2D eigenvalue weighted by Crippen LogP contribution is -2.30. The van der Waals surface area contributed by atoms with Gasteiger partial charge in [0.05, 0.1) is 12.3 Å². The van der Waals surface area contributed by atoms with Crippen molar-refractivity contribution in [3.8, 4) is 5.69 Å². The number of carbonyl (C=O) groups excluding carboxylic acids is 1. The van der Waals surface area contributed by atoms with Gasteiger partial charge in [-0.3, -0.25) is 14.3 Å². The van der Waals surface area contributed by atoms with E-state index in [1.54, 1.807) is 12.1 Å². The smallest absolute Gasteiger partial charge is 0.234 e. The third-order valence-electron chi connectivity index (χ3n) is 4.97. The second-order valence-corrected chi connectivity index (χ2v) is 8.20. The summed E-state index contributed by atoms with van der Waals surface area (Å²) in [7, 11) is 0. The summed E-state index contributed by atoms with van der Waals surface area (Å²) in [5.41, 5.74) is 1.42. The van der Waals surface area contributed by atoms with E-state index in [1.807, 2.05) is 34.9 Å². The molecule has 1 aliphatic heterocycles. The van der Waals surface area contributed by atoms with E-state index in [0.717, 1.165) is 31.1 Å². The number of nitrogens with one attached hydrogen (secondary N) is 1. The first-order valence-electron chi connectivity index (χ1n) is 10.1. The summed E-state index contributed by atoms with van der Waals surface area (Å²) in [5.74, 6) is 0.430. The minimum absolute atomic E-state index is 0.158. The number of aromatic nitrogens is 3. The van der Waals surface area contributed by atoms with Crippen molar-refractivity contribution in [2.75, 3.05) is 24.2 Å². The van der Waals surface area contributed by atoms with E-state index in [-0.39, 0.29) is 17.5 Å². The monoisotopic (exact) mass is 425 g/mol. The molecule has 2 heterocycles. The Morgan fingerprint density at radius 1 is 1.03 bits per heavy atom. The van der Waals surface area contributed by atoms with E-state index in [0.29, 0.717) is 10.8 Å². The van der Waals surface area contributed by atoms with Crippen LogP contribution in [0.5, 0.6) is 0 Å². The Morgan fingerprint density at radius 3 is 2.60 bits per heavy atom. The highest BCUT2D eigenvalue weighted by molar-refractivity contribution is 7.99. The van der Waals surface area contributed by atoms with Gasteiger partial charge in [0.15, 0.2) is 11.0 Å². The normalized spacial score (nSPS) is 14.6. The van der Waals surface area contributed by atoms with E-state index in [4.69, 9.17) is 0 Å². The molecule has 4 rings (SSSR count). The molecule has 156 valence electrons.